The highest BCUT2D eigenvalue weighted by Crippen LogP contribution is 2.24. The highest BCUT2D eigenvalue weighted by Gasteiger charge is 2.24. The van der Waals surface area contributed by atoms with Crippen molar-refractivity contribution in [3.8, 4) is 0 Å². The van der Waals surface area contributed by atoms with Gasteiger partial charge in [-0.2, -0.15) is 0 Å². The number of nitrogen functional groups attached to an aromatic ring is 1. The smallest absolute Gasteiger partial charge is 0.0414 e. The van der Waals surface area contributed by atoms with E-state index >= 15 is 0 Å². The molecule has 0 bridgehead atoms. The maximum atomic E-state index is 5.89. The number of rotatable bonds is 4. The number of likely N-dealkylation sites (N-methyl/N-ethyl adjacent to an activating group) is 2. The van der Waals surface area contributed by atoms with Crippen LogP contribution in [0.15, 0.2) is 18.2 Å². The second-order valence-corrected chi connectivity index (χ2v) is 5.35. The van der Waals surface area contributed by atoms with Crippen molar-refractivity contribution < 1.29 is 0 Å². The SMILES string of the molecule is CCN1CCCC1CN(C)c1cc(N)ccc1C. The Hall–Kier alpha value is -1.22. The summed E-state index contributed by atoms with van der Waals surface area (Å²) in [6.45, 7) is 7.92. The summed E-state index contributed by atoms with van der Waals surface area (Å²) in [6.07, 6.45) is 2.65. The van der Waals surface area contributed by atoms with Crippen molar-refractivity contribution in [2.24, 2.45) is 0 Å². The van der Waals surface area contributed by atoms with E-state index in [-0.39, 0.29) is 0 Å². The molecular weight excluding hydrogens is 222 g/mol. The first-order valence-corrected chi connectivity index (χ1v) is 6.93. The Morgan fingerprint density at radius 1 is 1.44 bits per heavy atom. The van der Waals surface area contributed by atoms with Crippen LogP contribution in [0.1, 0.15) is 25.3 Å². The van der Waals surface area contributed by atoms with Crippen LogP contribution in [0.25, 0.3) is 0 Å². The summed E-state index contributed by atoms with van der Waals surface area (Å²) in [4.78, 5) is 4.93. The Morgan fingerprint density at radius 3 is 2.94 bits per heavy atom. The fourth-order valence-corrected chi connectivity index (χ4v) is 2.97. The quantitative estimate of drug-likeness (QED) is 0.830. The van der Waals surface area contributed by atoms with Crippen molar-refractivity contribution in [2.75, 3.05) is 37.3 Å². The second-order valence-electron chi connectivity index (χ2n) is 5.35. The molecule has 18 heavy (non-hydrogen) atoms. The van der Waals surface area contributed by atoms with Crippen LogP contribution in [-0.2, 0) is 0 Å². The summed E-state index contributed by atoms with van der Waals surface area (Å²) in [6, 6.07) is 6.86. The van der Waals surface area contributed by atoms with E-state index < -0.39 is 0 Å². The van der Waals surface area contributed by atoms with Crippen LogP contribution in [0.4, 0.5) is 11.4 Å². The molecule has 1 aliphatic heterocycles. The Bertz CT molecular complexity index is 403. The first-order chi connectivity index (χ1) is 8.61. The molecule has 1 fully saturated rings. The molecule has 3 nitrogen and oxygen atoms in total. The number of likely N-dealkylation sites (tertiary alicyclic amines) is 1. The number of benzene rings is 1. The minimum atomic E-state index is 0.695. The van der Waals surface area contributed by atoms with Gasteiger partial charge in [-0.15, -0.1) is 0 Å². The molecule has 1 aliphatic rings. The molecule has 1 heterocycles. The van der Waals surface area contributed by atoms with Gasteiger partial charge in [0, 0.05) is 31.0 Å². The Labute approximate surface area is 111 Å². The molecule has 2 N–H and O–H groups in total. The molecular formula is C15H25N3. The zero-order valence-electron chi connectivity index (χ0n) is 11.8. The van der Waals surface area contributed by atoms with Gasteiger partial charge in [0.2, 0.25) is 0 Å². The molecule has 0 amide bonds. The number of aryl methyl sites for hydroxylation is 1. The van der Waals surface area contributed by atoms with Gasteiger partial charge in [0.15, 0.2) is 0 Å². The molecule has 1 aromatic rings. The van der Waals surface area contributed by atoms with Crippen LogP contribution in [0.5, 0.6) is 0 Å². The van der Waals surface area contributed by atoms with Crippen molar-refractivity contribution >= 4 is 11.4 Å². The van der Waals surface area contributed by atoms with Crippen molar-refractivity contribution in [1.82, 2.24) is 4.90 Å². The standard InChI is InChI=1S/C15H25N3/c1-4-18-9-5-6-14(18)11-17(3)15-10-13(16)8-7-12(15)2/h7-8,10,14H,4-6,9,11,16H2,1-3H3. The average Bonchev–Trinajstić information content (AvgIpc) is 2.79. The minimum Gasteiger partial charge on any atom is -0.399 e. The molecule has 0 spiro atoms. The zero-order chi connectivity index (χ0) is 13.1. The molecule has 3 heteroatoms. The lowest BCUT2D eigenvalue weighted by Crippen LogP contribution is -2.38. The fourth-order valence-electron chi connectivity index (χ4n) is 2.97. The number of hydrogen-bond donors (Lipinski definition) is 1. The summed E-state index contributed by atoms with van der Waals surface area (Å²) >= 11 is 0. The van der Waals surface area contributed by atoms with Crippen molar-refractivity contribution in [3.63, 3.8) is 0 Å². The predicted molar refractivity (Wildman–Crippen MR) is 79.1 cm³/mol. The first-order valence-electron chi connectivity index (χ1n) is 6.93. The Balaban J connectivity index is 2.07. The molecule has 2 rings (SSSR count). The molecule has 1 unspecified atom stereocenters. The Kier molecular flexibility index (Phi) is 4.12. The van der Waals surface area contributed by atoms with Crippen LogP contribution < -0.4 is 10.6 Å². The van der Waals surface area contributed by atoms with Gasteiger partial charge >= 0.3 is 0 Å². The third kappa shape index (κ3) is 2.78. The lowest BCUT2D eigenvalue weighted by molar-refractivity contribution is 0.270. The number of anilines is 2. The van der Waals surface area contributed by atoms with E-state index in [2.05, 4.69) is 42.8 Å². The summed E-state index contributed by atoms with van der Waals surface area (Å²) in [5.74, 6) is 0. The van der Waals surface area contributed by atoms with Crippen LogP contribution >= 0.6 is 0 Å². The maximum absolute atomic E-state index is 5.89. The van der Waals surface area contributed by atoms with Crippen molar-refractivity contribution in [1.29, 1.82) is 0 Å². The van der Waals surface area contributed by atoms with Crippen LogP contribution in [-0.4, -0.2) is 37.6 Å². The van der Waals surface area contributed by atoms with Crippen molar-refractivity contribution in [2.45, 2.75) is 32.7 Å². The maximum Gasteiger partial charge on any atom is 0.0414 e. The average molecular weight is 247 g/mol. The normalized spacial score (nSPS) is 20.3. The molecule has 1 saturated heterocycles. The third-order valence-electron chi connectivity index (χ3n) is 4.03. The van der Waals surface area contributed by atoms with Crippen LogP contribution in [0.3, 0.4) is 0 Å². The number of hydrogen-bond acceptors (Lipinski definition) is 3. The first kappa shape index (κ1) is 13.2. The summed E-state index contributed by atoms with van der Waals surface area (Å²) < 4.78 is 0. The van der Waals surface area contributed by atoms with Crippen LogP contribution in [0, 0.1) is 6.92 Å². The monoisotopic (exact) mass is 247 g/mol. The van der Waals surface area contributed by atoms with Gasteiger partial charge in [-0.3, -0.25) is 4.90 Å². The molecule has 0 radical (unpaired) electrons. The second kappa shape index (κ2) is 5.61. The van der Waals surface area contributed by atoms with Gasteiger partial charge in [0.25, 0.3) is 0 Å². The van der Waals surface area contributed by atoms with E-state index in [0.29, 0.717) is 6.04 Å². The van der Waals surface area contributed by atoms with E-state index in [1.165, 1.54) is 30.6 Å². The molecule has 100 valence electrons. The predicted octanol–water partition coefficient (Wildman–Crippen LogP) is 2.50. The largest absolute Gasteiger partial charge is 0.399 e. The molecule has 0 aliphatic carbocycles. The van der Waals surface area contributed by atoms with Gasteiger partial charge in [0.05, 0.1) is 0 Å². The van der Waals surface area contributed by atoms with Crippen LogP contribution in [0.2, 0.25) is 0 Å². The van der Waals surface area contributed by atoms with Gasteiger partial charge in [0.1, 0.15) is 0 Å². The molecule has 1 atom stereocenters. The Morgan fingerprint density at radius 2 is 2.22 bits per heavy atom. The summed E-state index contributed by atoms with van der Waals surface area (Å²) in [5, 5.41) is 0. The summed E-state index contributed by atoms with van der Waals surface area (Å²) in [7, 11) is 2.17. The van der Waals surface area contributed by atoms with Crippen molar-refractivity contribution in [3.05, 3.63) is 23.8 Å². The highest BCUT2D eigenvalue weighted by atomic mass is 15.2. The van der Waals surface area contributed by atoms with Gasteiger partial charge in [-0.1, -0.05) is 13.0 Å². The number of nitrogens with zero attached hydrogens (tertiary/aromatic N) is 2. The van der Waals surface area contributed by atoms with Gasteiger partial charge < -0.3 is 10.6 Å². The van der Waals surface area contributed by atoms with Gasteiger partial charge in [-0.25, -0.2) is 0 Å². The fraction of sp³-hybridized carbons (Fsp3) is 0.600. The lowest BCUT2D eigenvalue weighted by atomic mass is 10.1. The van der Waals surface area contributed by atoms with E-state index in [9.17, 15) is 0 Å². The van der Waals surface area contributed by atoms with E-state index in [4.69, 9.17) is 5.73 Å². The third-order valence-corrected chi connectivity index (χ3v) is 4.03. The topological polar surface area (TPSA) is 32.5 Å². The molecule has 0 saturated carbocycles. The lowest BCUT2D eigenvalue weighted by Gasteiger charge is -2.30. The van der Waals surface area contributed by atoms with E-state index in [1.54, 1.807) is 0 Å². The number of nitrogens with two attached hydrogens (primary N) is 1. The summed E-state index contributed by atoms with van der Waals surface area (Å²) in [5.41, 5.74) is 9.30. The van der Waals surface area contributed by atoms with E-state index in [1.807, 2.05) is 6.07 Å². The molecule has 0 aromatic heterocycles. The molecule has 1 aromatic carbocycles. The highest BCUT2D eigenvalue weighted by molar-refractivity contribution is 5.60. The minimum absolute atomic E-state index is 0.695. The van der Waals surface area contributed by atoms with E-state index in [0.717, 1.165) is 18.8 Å². The van der Waals surface area contributed by atoms with Gasteiger partial charge in [-0.05, 0) is 50.6 Å². The zero-order valence-corrected chi connectivity index (χ0v) is 11.8.